The van der Waals surface area contributed by atoms with Gasteiger partial charge in [-0.15, -0.1) is 5.10 Å². The number of rotatable bonds is 8. The fourth-order valence-electron chi connectivity index (χ4n) is 1.94. The molecule has 1 heterocycles. The summed E-state index contributed by atoms with van der Waals surface area (Å²) in [5.41, 5.74) is 7.33. The first-order chi connectivity index (χ1) is 10.2. The van der Waals surface area contributed by atoms with Gasteiger partial charge in [0.25, 0.3) is 0 Å². The van der Waals surface area contributed by atoms with E-state index < -0.39 is 0 Å². The molecule has 0 spiro atoms. The molecule has 6 nitrogen and oxygen atoms in total. The summed E-state index contributed by atoms with van der Waals surface area (Å²) in [6, 6.07) is 7.30. The Balaban J connectivity index is 1.83. The molecule has 7 heteroatoms. The summed E-state index contributed by atoms with van der Waals surface area (Å²) in [7, 11) is 1.64. The largest absolute Gasteiger partial charge is 0.494 e. The number of halogens is 1. The van der Waals surface area contributed by atoms with Crippen molar-refractivity contribution in [2.75, 3.05) is 13.7 Å². The third-order valence-electron chi connectivity index (χ3n) is 2.99. The maximum atomic E-state index is 5.82. The highest BCUT2D eigenvalue weighted by molar-refractivity contribution is 6.30. The fraction of sp³-hybridized carbons (Fsp3) is 0.429. The van der Waals surface area contributed by atoms with Gasteiger partial charge in [0.2, 0.25) is 0 Å². The zero-order valence-corrected chi connectivity index (χ0v) is 12.7. The number of hydrogen-bond acceptors (Lipinski definition) is 5. The van der Waals surface area contributed by atoms with Gasteiger partial charge in [-0.2, -0.15) is 0 Å². The number of nitrogens with zero attached hydrogens (tertiary/aromatic N) is 3. The number of hydrogen-bond donors (Lipinski definition) is 1. The second kappa shape index (κ2) is 7.97. The quantitative estimate of drug-likeness (QED) is 0.755. The number of ether oxygens (including phenoxy) is 2. The Kier molecular flexibility index (Phi) is 5.98. The molecule has 0 aliphatic heterocycles. The molecule has 2 rings (SSSR count). The van der Waals surface area contributed by atoms with Crippen molar-refractivity contribution in [3.63, 3.8) is 0 Å². The Bertz CT molecular complexity index is 557. The minimum absolute atomic E-state index is 0.361. The Morgan fingerprint density at radius 2 is 2.05 bits per heavy atom. The highest BCUT2D eigenvalue weighted by atomic mass is 35.5. The first-order valence-electron chi connectivity index (χ1n) is 6.73. The normalized spacial score (nSPS) is 10.8. The number of aryl methyl sites for hydroxylation is 1. The van der Waals surface area contributed by atoms with Crippen LogP contribution < -0.4 is 10.5 Å². The van der Waals surface area contributed by atoms with Gasteiger partial charge in [0, 0.05) is 31.6 Å². The predicted octanol–water partition coefficient (Wildman–Crippen LogP) is 2.01. The van der Waals surface area contributed by atoms with Gasteiger partial charge in [0.15, 0.2) is 0 Å². The second-order valence-corrected chi connectivity index (χ2v) is 4.94. The van der Waals surface area contributed by atoms with Gasteiger partial charge in [0.1, 0.15) is 11.4 Å². The van der Waals surface area contributed by atoms with Crippen LogP contribution in [0.2, 0.25) is 5.02 Å². The number of aromatic nitrogens is 3. The number of benzene rings is 1. The lowest BCUT2D eigenvalue weighted by Crippen LogP contribution is -2.11. The summed E-state index contributed by atoms with van der Waals surface area (Å²) >= 11 is 5.82. The predicted molar refractivity (Wildman–Crippen MR) is 80.2 cm³/mol. The van der Waals surface area contributed by atoms with E-state index in [1.807, 2.05) is 16.8 Å². The Hall–Kier alpha value is -1.63. The van der Waals surface area contributed by atoms with Gasteiger partial charge in [-0.05, 0) is 24.3 Å². The van der Waals surface area contributed by atoms with Gasteiger partial charge < -0.3 is 15.2 Å². The molecule has 0 aliphatic rings. The molecule has 2 N–H and O–H groups in total. The van der Waals surface area contributed by atoms with E-state index in [1.54, 1.807) is 19.2 Å². The topological polar surface area (TPSA) is 75.2 Å². The van der Waals surface area contributed by atoms with Gasteiger partial charge >= 0.3 is 0 Å². The summed E-state index contributed by atoms with van der Waals surface area (Å²) in [6.45, 7) is 2.11. The average molecular weight is 311 g/mol. The van der Waals surface area contributed by atoms with Gasteiger partial charge in [-0.1, -0.05) is 16.8 Å². The van der Waals surface area contributed by atoms with Crippen LogP contribution in [0.3, 0.4) is 0 Å². The zero-order chi connectivity index (χ0) is 15.1. The molecule has 114 valence electrons. The monoisotopic (exact) mass is 310 g/mol. The van der Waals surface area contributed by atoms with Crippen LogP contribution in [0.4, 0.5) is 0 Å². The Morgan fingerprint density at radius 3 is 2.71 bits per heavy atom. The van der Waals surface area contributed by atoms with E-state index in [1.165, 1.54) is 0 Å². The van der Waals surface area contributed by atoms with Crippen LogP contribution in [0.25, 0.3) is 0 Å². The van der Waals surface area contributed by atoms with Crippen LogP contribution >= 0.6 is 11.6 Å². The lowest BCUT2D eigenvalue weighted by atomic mass is 10.3. The molecule has 0 aliphatic carbocycles. The minimum atomic E-state index is 0.361. The van der Waals surface area contributed by atoms with Crippen LogP contribution in [-0.4, -0.2) is 28.7 Å². The van der Waals surface area contributed by atoms with Gasteiger partial charge in [-0.25, -0.2) is 4.68 Å². The number of nitrogens with two attached hydrogens (primary N) is 1. The summed E-state index contributed by atoms with van der Waals surface area (Å²) in [6.07, 6.45) is 0.812. The zero-order valence-electron chi connectivity index (χ0n) is 12.0. The lowest BCUT2D eigenvalue weighted by molar-refractivity contribution is 0.174. The SMILES string of the molecule is COCc1c(CN)nnn1CCCOc1ccc(Cl)cc1. The standard InChI is InChI=1S/C14H19ClN4O2/c1-20-10-14-13(9-16)17-18-19(14)7-2-8-21-12-5-3-11(15)4-6-12/h3-6H,2,7-10,16H2,1H3. The van der Waals surface area contributed by atoms with Crippen LogP contribution in [0.5, 0.6) is 5.75 Å². The van der Waals surface area contributed by atoms with Crippen LogP contribution in [-0.2, 0) is 24.4 Å². The summed E-state index contributed by atoms with van der Waals surface area (Å²) < 4.78 is 12.6. The molecule has 1 aromatic carbocycles. The maximum absolute atomic E-state index is 5.82. The summed E-state index contributed by atoms with van der Waals surface area (Å²) in [5.74, 6) is 0.803. The highest BCUT2D eigenvalue weighted by Gasteiger charge is 2.10. The molecule has 0 unspecified atom stereocenters. The van der Waals surface area contributed by atoms with Crippen molar-refractivity contribution in [3.05, 3.63) is 40.7 Å². The van der Waals surface area contributed by atoms with Crippen molar-refractivity contribution >= 4 is 11.6 Å². The van der Waals surface area contributed by atoms with Crippen molar-refractivity contribution in [2.45, 2.75) is 26.1 Å². The van der Waals surface area contributed by atoms with E-state index >= 15 is 0 Å². The highest BCUT2D eigenvalue weighted by Crippen LogP contribution is 2.15. The van der Waals surface area contributed by atoms with Crippen molar-refractivity contribution in [3.8, 4) is 5.75 Å². The fourth-order valence-corrected chi connectivity index (χ4v) is 2.06. The molecule has 0 saturated heterocycles. The van der Waals surface area contributed by atoms with Gasteiger partial charge in [-0.3, -0.25) is 0 Å². The molecular weight excluding hydrogens is 292 g/mol. The Morgan fingerprint density at radius 1 is 1.29 bits per heavy atom. The van der Waals surface area contributed by atoms with Crippen LogP contribution in [0.15, 0.2) is 24.3 Å². The first kappa shape index (κ1) is 15.8. The third kappa shape index (κ3) is 4.42. The van der Waals surface area contributed by atoms with E-state index in [0.29, 0.717) is 31.3 Å². The molecule has 0 amide bonds. The van der Waals surface area contributed by atoms with Crippen molar-refractivity contribution in [1.82, 2.24) is 15.0 Å². The summed E-state index contributed by atoms with van der Waals surface area (Å²) in [4.78, 5) is 0. The molecular formula is C14H19ClN4O2. The van der Waals surface area contributed by atoms with Gasteiger partial charge in [0.05, 0.1) is 18.9 Å². The van der Waals surface area contributed by atoms with Crippen molar-refractivity contribution in [2.24, 2.45) is 5.73 Å². The minimum Gasteiger partial charge on any atom is -0.494 e. The van der Waals surface area contributed by atoms with E-state index in [2.05, 4.69) is 10.3 Å². The number of methoxy groups -OCH3 is 1. The lowest BCUT2D eigenvalue weighted by Gasteiger charge is -2.08. The molecule has 2 aromatic rings. The maximum Gasteiger partial charge on any atom is 0.119 e. The summed E-state index contributed by atoms with van der Waals surface area (Å²) in [5, 5.41) is 8.85. The Labute approximate surface area is 128 Å². The second-order valence-electron chi connectivity index (χ2n) is 4.50. The van der Waals surface area contributed by atoms with E-state index in [0.717, 1.165) is 23.6 Å². The van der Waals surface area contributed by atoms with Crippen molar-refractivity contribution in [1.29, 1.82) is 0 Å². The van der Waals surface area contributed by atoms with Crippen LogP contribution in [0, 0.1) is 0 Å². The molecule has 1 aromatic heterocycles. The molecule has 0 radical (unpaired) electrons. The van der Waals surface area contributed by atoms with E-state index in [4.69, 9.17) is 26.8 Å². The molecule has 21 heavy (non-hydrogen) atoms. The van der Waals surface area contributed by atoms with E-state index in [-0.39, 0.29) is 0 Å². The molecule has 0 fully saturated rings. The molecule has 0 atom stereocenters. The first-order valence-corrected chi connectivity index (χ1v) is 7.11. The van der Waals surface area contributed by atoms with Crippen molar-refractivity contribution < 1.29 is 9.47 Å². The smallest absolute Gasteiger partial charge is 0.119 e. The van der Waals surface area contributed by atoms with Crippen LogP contribution in [0.1, 0.15) is 17.8 Å². The van der Waals surface area contributed by atoms with E-state index in [9.17, 15) is 0 Å². The molecule has 0 bridgehead atoms. The molecule has 0 saturated carbocycles. The average Bonchev–Trinajstić information content (AvgIpc) is 2.88. The third-order valence-corrected chi connectivity index (χ3v) is 3.24.